The highest BCUT2D eigenvalue weighted by Gasteiger charge is 2.38. The van der Waals surface area contributed by atoms with Crippen molar-refractivity contribution < 1.29 is 22.5 Å². The number of hydrogen-bond donors (Lipinski definition) is 2. The van der Waals surface area contributed by atoms with Crippen molar-refractivity contribution >= 4 is 24.0 Å². The van der Waals surface area contributed by atoms with Gasteiger partial charge in [-0.3, -0.25) is 4.79 Å². The van der Waals surface area contributed by atoms with Crippen LogP contribution in [0.25, 0.3) is 11.4 Å². The van der Waals surface area contributed by atoms with Crippen LogP contribution in [-0.4, -0.2) is 29.1 Å². The number of amides is 1. The first kappa shape index (κ1) is 20.2. The predicted molar refractivity (Wildman–Crippen MR) is 90.8 cm³/mol. The van der Waals surface area contributed by atoms with Crippen LogP contribution in [0, 0.1) is 5.92 Å². The highest BCUT2D eigenvalue weighted by Crippen LogP contribution is 2.29. The molecule has 1 aromatic heterocycles. The zero-order chi connectivity index (χ0) is 17.9. The number of benzene rings is 1. The Hall–Kier alpha value is -2.13. The van der Waals surface area contributed by atoms with Gasteiger partial charge in [-0.2, -0.15) is 18.2 Å². The fraction of sp³-hybridized carbons (Fsp3) is 0.438. The molecule has 1 atom stereocenters. The number of aromatic nitrogens is 2. The monoisotopic (exact) mass is 390 g/mol. The van der Waals surface area contributed by atoms with Crippen LogP contribution in [0.3, 0.4) is 0 Å². The summed E-state index contributed by atoms with van der Waals surface area (Å²) in [5, 5.41) is 9.35. The van der Waals surface area contributed by atoms with E-state index in [-0.39, 0.29) is 24.1 Å². The highest BCUT2D eigenvalue weighted by atomic mass is 35.5. The largest absolute Gasteiger partial charge is 0.471 e. The lowest BCUT2D eigenvalue weighted by atomic mass is 10.0. The maximum atomic E-state index is 12.5. The molecule has 1 aliphatic heterocycles. The maximum Gasteiger partial charge on any atom is 0.471 e. The Kier molecular flexibility index (Phi) is 6.60. The fourth-order valence-electron chi connectivity index (χ4n) is 2.68. The molecule has 2 aromatic rings. The van der Waals surface area contributed by atoms with Gasteiger partial charge in [0.1, 0.15) is 0 Å². The number of rotatable bonds is 5. The average Bonchev–Trinajstić information content (AvgIpc) is 3.25. The van der Waals surface area contributed by atoms with Gasteiger partial charge in [-0.05, 0) is 56.1 Å². The second-order valence-corrected chi connectivity index (χ2v) is 5.94. The lowest BCUT2D eigenvalue weighted by Crippen LogP contribution is -2.14. The summed E-state index contributed by atoms with van der Waals surface area (Å²) in [5.41, 5.74) is 0.937. The van der Waals surface area contributed by atoms with Gasteiger partial charge in [0.05, 0.1) is 0 Å². The van der Waals surface area contributed by atoms with E-state index in [9.17, 15) is 18.0 Å². The van der Waals surface area contributed by atoms with Crippen molar-refractivity contribution in [3.05, 3.63) is 30.2 Å². The maximum absolute atomic E-state index is 12.5. The molecule has 2 heterocycles. The SMILES string of the molecule is Cl.O=C(CCC1CCNC1)Nc1ccc(-c2noc(C(F)(F)F)n2)cc1. The third-order valence-corrected chi connectivity index (χ3v) is 4.04. The van der Waals surface area contributed by atoms with Gasteiger partial charge in [-0.25, -0.2) is 0 Å². The average molecular weight is 391 g/mol. The van der Waals surface area contributed by atoms with E-state index in [0.717, 1.165) is 25.9 Å². The van der Waals surface area contributed by atoms with Crippen molar-refractivity contribution in [3.8, 4) is 11.4 Å². The Balaban J connectivity index is 0.00000243. The van der Waals surface area contributed by atoms with E-state index < -0.39 is 12.1 Å². The summed E-state index contributed by atoms with van der Waals surface area (Å²) in [7, 11) is 0. The third kappa shape index (κ3) is 5.18. The van der Waals surface area contributed by atoms with E-state index in [1.54, 1.807) is 12.1 Å². The molecule has 1 aromatic carbocycles. The Morgan fingerprint density at radius 2 is 2.04 bits per heavy atom. The lowest BCUT2D eigenvalue weighted by molar-refractivity contribution is -0.159. The van der Waals surface area contributed by atoms with Crippen LogP contribution in [0.4, 0.5) is 18.9 Å². The van der Waals surface area contributed by atoms with Crippen LogP contribution >= 0.6 is 12.4 Å². The van der Waals surface area contributed by atoms with Crippen LogP contribution in [0.15, 0.2) is 28.8 Å². The second kappa shape index (κ2) is 8.50. The van der Waals surface area contributed by atoms with Gasteiger partial charge in [0.2, 0.25) is 11.7 Å². The van der Waals surface area contributed by atoms with E-state index in [1.807, 2.05) is 0 Å². The van der Waals surface area contributed by atoms with Gasteiger partial charge < -0.3 is 15.2 Å². The molecule has 0 saturated carbocycles. The summed E-state index contributed by atoms with van der Waals surface area (Å²) < 4.78 is 41.6. The Labute approximate surface area is 153 Å². The summed E-state index contributed by atoms with van der Waals surface area (Å²) >= 11 is 0. The van der Waals surface area contributed by atoms with Gasteiger partial charge in [0.25, 0.3) is 0 Å². The Bertz CT molecular complexity index is 728. The van der Waals surface area contributed by atoms with Crippen LogP contribution < -0.4 is 10.6 Å². The Morgan fingerprint density at radius 3 is 2.62 bits per heavy atom. The topological polar surface area (TPSA) is 80.0 Å². The number of nitrogens with one attached hydrogen (secondary N) is 2. The zero-order valence-corrected chi connectivity index (χ0v) is 14.5. The molecular formula is C16H18ClF3N4O2. The quantitative estimate of drug-likeness (QED) is 0.816. The van der Waals surface area contributed by atoms with Gasteiger partial charge >= 0.3 is 12.1 Å². The number of carbonyl (C=O) groups excluding carboxylic acids is 1. The first-order valence-electron chi connectivity index (χ1n) is 7.94. The lowest BCUT2D eigenvalue weighted by Gasteiger charge is -2.09. The smallest absolute Gasteiger partial charge is 0.329 e. The van der Waals surface area contributed by atoms with Crippen LogP contribution in [0.1, 0.15) is 25.2 Å². The van der Waals surface area contributed by atoms with E-state index in [0.29, 0.717) is 23.6 Å². The molecule has 10 heteroatoms. The molecule has 6 nitrogen and oxygen atoms in total. The van der Waals surface area contributed by atoms with E-state index in [4.69, 9.17) is 0 Å². The number of alkyl halides is 3. The van der Waals surface area contributed by atoms with E-state index in [2.05, 4.69) is 25.3 Å². The van der Waals surface area contributed by atoms with Crippen LogP contribution in [0.5, 0.6) is 0 Å². The molecule has 0 radical (unpaired) electrons. The van der Waals surface area contributed by atoms with Gasteiger partial charge in [0, 0.05) is 17.7 Å². The molecule has 1 saturated heterocycles. The molecule has 2 N–H and O–H groups in total. The zero-order valence-electron chi connectivity index (χ0n) is 13.7. The first-order chi connectivity index (χ1) is 11.9. The molecule has 0 spiro atoms. The van der Waals surface area contributed by atoms with Crippen molar-refractivity contribution in [2.45, 2.75) is 25.4 Å². The normalized spacial score (nSPS) is 17.0. The van der Waals surface area contributed by atoms with Gasteiger partial charge in [-0.15, -0.1) is 12.4 Å². The Morgan fingerprint density at radius 1 is 1.31 bits per heavy atom. The third-order valence-electron chi connectivity index (χ3n) is 4.04. The summed E-state index contributed by atoms with van der Waals surface area (Å²) in [6.07, 6.45) is -2.31. The van der Waals surface area contributed by atoms with Gasteiger partial charge in [0.15, 0.2) is 0 Å². The molecule has 0 aliphatic carbocycles. The molecule has 26 heavy (non-hydrogen) atoms. The number of halogens is 4. The fourth-order valence-corrected chi connectivity index (χ4v) is 2.68. The molecule has 1 unspecified atom stereocenters. The van der Waals surface area contributed by atoms with E-state index in [1.165, 1.54) is 12.1 Å². The van der Waals surface area contributed by atoms with Crippen LogP contribution in [0.2, 0.25) is 0 Å². The first-order valence-corrected chi connectivity index (χ1v) is 7.94. The molecule has 0 bridgehead atoms. The molecule has 1 fully saturated rings. The summed E-state index contributed by atoms with van der Waals surface area (Å²) in [5.74, 6) is -1.09. The molecule has 142 valence electrons. The standard InChI is InChI=1S/C16H17F3N4O2.ClH/c17-16(18,19)15-22-14(23-25-15)11-2-4-12(5-3-11)21-13(24)6-1-10-7-8-20-9-10;/h2-5,10,20H,1,6-9H2,(H,21,24);1H. The minimum Gasteiger partial charge on any atom is -0.329 e. The minimum atomic E-state index is -4.67. The van der Waals surface area contributed by atoms with Crippen molar-refractivity contribution in [3.63, 3.8) is 0 Å². The summed E-state index contributed by atoms with van der Waals surface area (Å²) in [6, 6.07) is 6.24. The summed E-state index contributed by atoms with van der Waals surface area (Å²) in [6.45, 7) is 1.95. The van der Waals surface area contributed by atoms with E-state index >= 15 is 0 Å². The minimum absolute atomic E-state index is 0. The molecule has 1 aliphatic rings. The van der Waals surface area contributed by atoms with Gasteiger partial charge in [-0.1, -0.05) is 5.16 Å². The highest BCUT2D eigenvalue weighted by molar-refractivity contribution is 5.90. The summed E-state index contributed by atoms with van der Waals surface area (Å²) in [4.78, 5) is 15.3. The number of nitrogens with zero attached hydrogens (tertiary/aromatic N) is 2. The molecular weight excluding hydrogens is 373 g/mol. The van der Waals surface area contributed by atoms with Crippen LogP contribution in [-0.2, 0) is 11.0 Å². The predicted octanol–water partition coefficient (Wildman–Crippen LogP) is 3.51. The van der Waals surface area contributed by atoms with Crippen molar-refractivity contribution in [1.29, 1.82) is 0 Å². The number of hydrogen-bond acceptors (Lipinski definition) is 5. The van der Waals surface area contributed by atoms with Crippen molar-refractivity contribution in [2.24, 2.45) is 5.92 Å². The number of carbonyl (C=O) groups is 1. The second-order valence-electron chi connectivity index (χ2n) is 5.94. The number of anilines is 1. The van der Waals surface area contributed by atoms with Crippen molar-refractivity contribution in [1.82, 2.24) is 15.5 Å². The molecule has 3 rings (SSSR count). The van der Waals surface area contributed by atoms with Crippen molar-refractivity contribution in [2.75, 3.05) is 18.4 Å². The molecule has 1 amide bonds.